The first-order chi connectivity index (χ1) is 9.82. The second-order valence-corrected chi connectivity index (χ2v) is 6.76. The lowest BCUT2D eigenvalue weighted by molar-refractivity contribution is -0.927. The van der Waals surface area contributed by atoms with E-state index in [2.05, 4.69) is 19.4 Å². The van der Waals surface area contributed by atoms with Crippen molar-refractivity contribution in [3.63, 3.8) is 0 Å². The van der Waals surface area contributed by atoms with Crippen molar-refractivity contribution in [2.24, 2.45) is 0 Å². The molecule has 3 nitrogen and oxygen atoms in total. The molecule has 1 aliphatic rings. The number of likely N-dealkylation sites (N-methyl/N-ethyl adjacent to an activating group) is 1. The summed E-state index contributed by atoms with van der Waals surface area (Å²) in [6.45, 7) is 1.94. The maximum absolute atomic E-state index is 13.0. The van der Waals surface area contributed by atoms with E-state index in [4.69, 9.17) is 11.6 Å². The first kappa shape index (κ1) is 16.2. The fourth-order valence-electron chi connectivity index (χ4n) is 3.02. The maximum Gasteiger partial charge on any atom is 0.282 e. The van der Waals surface area contributed by atoms with Gasteiger partial charge in [0.2, 0.25) is 0 Å². The van der Waals surface area contributed by atoms with E-state index in [1.54, 1.807) is 0 Å². The number of halogens is 2. The standard InChI is InChI=1S/C16H22ClFN2O/c1-11(20(2,3)13-6-4-5-7-13)16(21)19-15-9-8-12(18)10-14(15)17/h8-11,13H,4-7H2,1-3H3/p+1/t11-/m1/s1. The fraction of sp³-hybridized carbons (Fsp3) is 0.562. The first-order valence-electron chi connectivity index (χ1n) is 7.41. The van der Waals surface area contributed by atoms with Crippen LogP contribution in [-0.4, -0.2) is 36.6 Å². The van der Waals surface area contributed by atoms with E-state index in [1.807, 2.05) is 6.92 Å². The lowest BCUT2D eigenvalue weighted by atomic mass is 10.1. The molecule has 0 radical (unpaired) electrons. The molecule has 1 aromatic carbocycles. The molecule has 0 aliphatic heterocycles. The number of hydrogen-bond acceptors (Lipinski definition) is 1. The SMILES string of the molecule is C[C@H](C(=O)Nc1ccc(F)cc1Cl)[N+](C)(C)C1CCCC1. The Morgan fingerprint density at radius 3 is 2.57 bits per heavy atom. The van der Waals surface area contributed by atoms with Crippen molar-refractivity contribution >= 4 is 23.2 Å². The summed E-state index contributed by atoms with van der Waals surface area (Å²) >= 11 is 5.96. The highest BCUT2D eigenvalue weighted by Gasteiger charge is 2.39. The van der Waals surface area contributed by atoms with Crippen molar-refractivity contribution in [1.82, 2.24) is 0 Å². The van der Waals surface area contributed by atoms with Crippen LogP contribution in [0.25, 0.3) is 0 Å². The molecule has 21 heavy (non-hydrogen) atoms. The number of hydrogen-bond donors (Lipinski definition) is 1. The summed E-state index contributed by atoms with van der Waals surface area (Å²) in [6, 6.07) is 4.34. The predicted molar refractivity (Wildman–Crippen MR) is 83.9 cm³/mol. The Morgan fingerprint density at radius 1 is 1.38 bits per heavy atom. The van der Waals surface area contributed by atoms with Gasteiger partial charge in [0.1, 0.15) is 5.82 Å². The van der Waals surface area contributed by atoms with Gasteiger partial charge >= 0.3 is 0 Å². The molecule has 0 aromatic heterocycles. The molecule has 1 fully saturated rings. The topological polar surface area (TPSA) is 29.1 Å². The van der Waals surface area contributed by atoms with Gasteiger partial charge in [0.05, 0.1) is 30.8 Å². The van der Waals surface area contributed by atoms with Crippen LogP contribution in [-0.2, 0) is 4.79 Å². The Bertz CT molecular complexity index is 527. The normalized spacial score (nSPS) is 17.8. The largest absolute Gasteiger partial charge is 0.320 e. The second-order valence-electron chi connectivity index (χ2n) is 6.36. The third-order valence-electron chi connectivity index (χ3n) is 4.83. The molecule has 1 N–H and O–H groups in total. The van der Waals surface area contributed by atoms with E-state index in [1.165, 1.54) is 43.9 Å². The highest BCUT2D eigenvalue weighted by molar-refractivity contribution is 6.33. The molecule has 1 aromatic rings. The maximum atomic E-state index is 13.0. The molecular weight excluding hydrogens is 291 g/mol. The van der Waals surface area contributed by atoms with E-state index in [0.29, 0.717) is 16.2 Å². The molecule has 0 heterocycles. The van der Waals surface area contributed by atoms with Gasteiger partial charge < -0.3 is 9.80 Å². The van der Waals surface area contributed by atoms with Crippen LogP contribution in [0.2, 0.25) is 5.02 Å². The third-order valence-corrected chi connectivity index (χ3v) is 5.15. The Kier molecular flexibility index (Phi) is 4.89. The molecule has 1 amide bonds. The lowest BCUT2D eigenvalue weighted by Gasteiger charge is -2.40. The van der Waals surface area contributed by atoms with E-state index >= 15 is 0 Å². The quantitative estimate of drug-likeness (QED) is 0.841. The van der Waals surface area contributed by atoms with Gasteiger partial charge in [-0.3, -0.25) is 4.79 Å². The summed E-state index contributed by atoms with van der Waals surface area (Å²) in [5.41, 5.74) is 0.460. The summed E-state index contributed by atoms with van der Waals surface area (Å²) in [6.07, 6.45) is 4.82. The van der Waals surface area contributed by atoms with Gasteiger partial charge in [-0.1, -0.05) is 11.6 Å². The molecule has 116 valence electrons. The molecule has 1 atom stereocenters. The van der Waals surface area contributed by atoms with Gasteiger partial charge in [0.25, 0.3) is 5.91 Å². The second kappa shape index (κ2) is 6.32. The average Bonchev–Trinajstić information content (AvgIpc) is 2.95. The number of carbonyl (C=O) groups is 1. The summed E-state index contributed by atoms with van der Waals surface area (Å²) in [7, 11) is 4.21. The van der Waals surface area contributed by atoms with Crippen molar-refractivity contribution in [3.8, 4) is 0 Å². The Labute approximate surface area is 130 Å². The van der Waals surface area contributed by atoms with E-state index in [9.17, 15) is 9.18 Å². The van der Waals surface area contributed by atoms with Crippen LogP contribution in [0.3, 0.4) is 0 Å². The zero-order valence-electron chi connectivity index (χ0n) is 12.8. The van der Waals surface area contributed by atoms with Crippen molar-refractivity contribution < 1.29 is 13.7 Å². The molecule has 1 aliphatic carbocycles. The summed E-state index contributed by atoms with van der Waals surface area (Å²) in [5, 5.41) is 3.04. The Morgan fingerprint density at radius 2 is 2.00 bits per heavy atom. The minimum absolute atomic E-state index is 0.0830. The van der Waals surface area contributed by atoms with Crippen LogP contribution in [0.15, 0.2) is 18.2 Å². The van der Waals surface area contributed by atoms with Crippen molar-refractivity contribution in [2.75, 3.05) is 19.4 Å². The Hall–Kier alpha value is -1.13. The van der Waals surface area contributed by atoms with Gasteiger partial charge in [-0.2, -0.15) is 0 Å². The summed E-state index contributed by atoms with van der Waals surface area (Å²) in [5.74, 6) is -0.492. The third kappa shape index (κ3) is 3.55. The minimum Gasteiger partial charge on any atom is -0.320 e. The molecule has 0 spiro atoms. The molecule has 2 rings (SSSR count). The van der Waals surface area contributed by atoms with E-state index in [0.717, 1.165) is 0 Å². The Balaban J connectivity index is 2.08. The summed E-state index contributed by atoms with van der Waals surface area (Å²) in [4.78, 5) is 12.5. The van der Waals surface area contributed by atoms with E-state index < -0.39 is 5.82 Å². The van der Waals surface area contributed by atoms with Crippen LogP contribution < -0.4 is 5.32 Å². The zero-order chi connectivity index (χ0) is 15.6. The highest BCUT2D eigenvalue weighted by Crippen LogP contribution is 2.30. The monoisotopic (exact) mass is 313 g/mol. The van der Waals surface area contributed by atoms with Crippen LogP contribution in [0.4, 0.5) is 10.1 Å². The van der Waals surface area contributed by atoms with Gasteiger partial charge in [0.15, 0.2) is 6.04 Å². The molecular formula is C16H23ClFN2O+. The van der Waals surface area contributed by atoms with Crippen molar-refractivity contribution in [2.45, 2.75) is 44.7 Å². The summed E-state index contributed by atoms with van der Waals surface area (Å²) < 4.78 is 13.7. The highest BCUT2D eigenvalue weighted by atomic mass is 35.5. The number of benzene rings is 1. The lowest BCUT2D eigenvalue weighted by Crippen LogP contribution is -2.58. The molecule has 0 bridgehead atoms. The van der Waals surface area contributed by atoms with Crippen LogP contribution in [0, 0.1) is 5.82 Å². The number of nitrogens with one attached hydrogen (secondary N) is 1. The number of quaternary nitrogens is 1. The van der Waals surface area contributed by atoms with Crippen molar-refractivity contribution in [3.05, 3.63) is 29.0 Å². The van der Waals surface area contributed by atoms with E-state index in [-0.39, 0.29) is 17.0 Å². The number of amides is 1. The number of carbonyl (C=O) groups excluding carboxylic acids is 1. The predicted octanol–water partition coefficient (Wildman–Crippen LogP) is 3.83. The molecule has 1 saturated carbocycles. The first-order valence-corrected chi connectivity index (χ1v) is 7.79. The van der Waals surface area contributed by atoms with Crippen LogP contribution in [0.1, 0.15) is 32.6 Å². The molecule has 0 saturated heterocycles. The smallest absolute Gasteiger partial charge is 0.282 e. The molecule has 0 unspecified atom stereocenters. The van der Waals surface area contributed by atoms with Gasteiger partial charge in [-0.15, -0.1) is 0 Å². The fourth-order valence-corrected chi connectivity index (χ4v) is 3.23. The van der Waals surface area contributed by atoms with Crippen molar-refractivity contribution in [1.29, 1.82) is 0 Å². The molecule has 5 heteroatoms. The van der Waals surface area contributed by atoms with Gasteiger partial charge in [-0.25, -0.2) is 4.39 Å². The average molecular weight is 314 g/mol. The van der Waals surface area contributed by atoms with Gasteiger partial charge in [0, 0.05) is 0 Å². The number of anilines is 1. The number of nitrogens with zero attached hydrogens (tertiary/aromatic N) is 1. The number of rotatable bonds is 4. The van der Waals surface area contributed by atoms with Crippen LogP contribution >= 0.6 is 11.6 Å². The van der Waals surface area contributed by atoms with Crippen LogP contribution in [0.5, 0.6) is 0 Å². The minimum atomic E-state index is -0.409. The van der Waals surface area contributed by atoms with Gasteiger partial charge in [-0.05, 0) is 50.8 Å². The zero-order valence-corrected chi connectivity index (χ0v) is 13.6.